The van der Waals surface area contributed by atoms with Gasteiger partial charge in [-0.15, -0.1) is 0 Å². The van der Waals surface area contributed by atoms with Crippen molar-refractivity contribution in [2.75, 3.05) is 0 Å². The fourth-order valence-electron chi connectivity index (χ4n) is 0.935. The highest BCUT2D eigenvalue weighted by Crippen LogP contribution is 2.29. The molecule has 0 aliphatic carbocycles. The summed E-state index contributed by atoms with van der Waals surface area (Å²) in [6.45, 7) is 1.44. The van der Waals surface area contributed by atoms with Crippen LogP contribution < -0.4 is 0 Å². The van der Waals surface area contributed by atoms with Crippen LogP contribution in [0.15, 0.2) is 29.8 Å². The molecular weight excluding hydrogens is 223 g/mol. The van der Waals surface area contributed by atoms with Gasteiger partial charge in [-0.25, -0.2) is 4.79 Å². The van der Waals surface area contributed by atoms with E-state index in [1.165, 1.54) is 6.92 Å². The van der Waals surface area contributed by atoms with Crippen molar-refractivity contribution in [2.45, 2.75) is 6.92 Å². The zero-order valence-electron chi connectivity index (χ0n) is 7.42. The van der Waals surface area contributed by atoms with E-state index in [0.29, 0.717) is 10.6 Å². The molecule has 14 heavy (non-hydrogen) atoms. The van der Waals surface area contributed by atoms with Crippen LogP contribution in [0.2, 0.25) is 5.02 Å². The average molecular weight is 231 g/mol. The van der Waals surface area contributed by atoms with Crippen molar-refractivity contribution >= 4 is 34.2 Å². The first-order valence-corrected chi connectivity index (χ1v) is 4.64. The lowest BCUT2D eigenvalue weighted by Crippen LogP contribution is -1.98. The summed E-state index contributed by atoms with van der Waals surface area (Å²) >= 11 is 11.7. The zero-order chi connectivity index (χ0) is 10.7. The maximum atomic E-state index is 10.6. The van der Waals surface area contributed by atoms with E-state index in [0.717, 1.165) is 0 Å². The molecule has 0 saturated carbocycles. The van der Waals surface area contributed by atoms with Crippen molar-refractivity contribution < 1.29 is 9.90 Å². The summed E-state index contributed by atoms with van der Waals surface area (Å²) in [4.78, 5) is 10.6. The van der Waals surface area contributed by atoms with Crippen LogP contribution in [0, 0.1) is 0 Å². The van der Waals surface area contributed by atoms with Crippen LogP contribution in [-0.4, -0.2) is 11.1 Å². The third-order valence-corrected chi connectivity index (χ3v) is 2.58. The molecule has 0 spiro atoms. The molecule has 74 valence electrons. The summed E-state index contributed by atoms with van der Waals surface area (Å²) in [6, 6.07) is 6.84. The van der Waals surface area contributed by atoms with Gasteiger partial charge < -0.3 is 5.11 Å². The summed E-state index contributed by atoms with van der Waals surface area (Å²) < 4.78 is 0. The van der Waals surface area contributed by atoms with Gasteiger partial charge in [-0.2, -0.15) is 0 Å². The van der Waals surface area contributed by atoms with E-state index in [1.807, 2.05) is 0 Å². The minimum Gasteiger partial charge on any atom is -0.478 e. The van der Waals surface area contributed by atoms with Crippen molar-refractivity contribution in [3.63, 3.8) is 0 Å². The maximum Gasteiger partial charge on any atom is 0.332 e. The number of carboxylic acids is 1. The van der Waals surface area contributed by atoms with Crippen LogP contribution >= 0.6 is 23.2 Å². The van der Waals surface area contributed by atoms with E-state index in [2.05, 4.69) is 0 Å². The number of halogens is 2. The Morgan fingerprint density at radius 1 is 1.36 bits per heavy atom. The Labute approximate surface area is 91.8 Å². The second-order valence-corrected chi connectivity index (χ2v) is 3.51. The molecule has 0 radical (unpaired) electrons. The fourth-order valence-corrected chi connectivity index (χ4v) is 1.46. The predicted molar refractivity (Wildman–Crippen MR) is 57.5 cm³/mol. The summed E-state index contributed by atoms with van der Waals surface area (Å²) in [5.41, 5.74) is 0.621. The molecule has 0 aliphatic rings. The average Bonchev–Trinajstić information content (AvgIpc) is 2.16. The minimum atomic E-state index is -1.05. The van der Waals surface area contributed by atoms with Gasteiger partial charge in [0, 0.05) is 10.6 Å². The lowest BCUT2D eigenvalue weighted by atomic mass is 10.1. The van der Waals surface area contributed by atoms with E-state index >= 15 is 0 Å². The molecule has 1 N–H and O–H groups in total. The van der Waals surface area contributed by atoms with Crippen molar-refractivity contribution in [3.8, 4) is 0 Å². The number of rotatable bonds is 2. The van der Waals surface area contributed by atoms with E-state index < -0.39 is 5.97 Å². The molecule has 0 unspecified atom stereocenters. The highest BCUT2D eigenvalue weighted by molar-refractivity contribution is 6.52. The number of aliphatic carboxylic acids is 1. The third kappa shape index (κ3) is 2.28. The second-order valence-electron chi connectivity index (χ2n) is 2.72. The Hall–Kier alpha value is -0.990. The summed E-state index contributed by atoms with van der Waals surface area (Å²) in [7, 11) is 0. The first-order chi connectivity index (χ1) is 6.54. The van der Waals surface area contributed by atoms with E-state index in [-0.39, 0.29) is 10.6 Å². The summed E-state index contributed by atoms with van der Waals surface area (Å²) in [5, 5.41) is 9.33. The molecule has 0 amide bonds. The van der Waals surface area contributed by atoms with Gasteiger partial charge in [-0.3, -0.25) is 0 Å². The molecular formula is C10H8Cl2O2. The number of carboxylic acid groups (broad SMARTS) is 1. The lowest BCUT2D eigenvalue weighted by molar-refractivity contribution is -0.132. The smallest absolute Gasteiger partial charge is 0.332 e. The van der Waals surface area contributed by atoms with Crippen LogP contribution in [0.1, 0.15) is 12.5 Å². The number of hydrogen-bond acceptors (Lipinski definition) is 1. The lowest BCUT2D eigenvalue weighted by Gasteiger charge is -2.03. The highest BCUT2D eigenvalue weighted by atomic mass is 35.5. The molecule has 1 aromatic rings. The Morgan fingerprint density at radius 3 is 2.43 bits per heavy atom. The van der Waals surface area contributed by atoms with Crippen LogP contribution in [0.4, 0.5) is 0 Å². The van der Waals surface area contributed by atoms with Crippen LogP contribution in [-0.2, 0) is 4.79 Å². The van der Waals surface area contributed by atoms with Crippen LogP contribution in [0.5, 0.6) is 0 Å². The standard InChI is InChI=1S/C10H8Cl2O2/c1-6(10(13)14)9(12)7-4-2-3-5-8(7)11/h2-5H,1H3,(H,13,14)/b9-6+. The fraction of sp³-hybridized carbons (Fsp3) is 0.100. The van der Waals surface area contributed by atoms with Gasteiger partial charge >= 0.3 is 5.97 Å². The molecule has 0 bridgehead atoms. The predicted octanol–water partition coefficient (Wildman–Crippen LogP) is 3.39. The molecule has 1 aromatic carbocycles. The second kappa shape index (κ2) is 4.49. The molecule has 4 heteroatoms. The van der Waals surface area contributed by atoms with Gasteiger partial charge in [-0.05, 0) is 13.0 Å². The SMILES string of the molecule is C/C(C(=O)O)=C(\Cl)c1ccccc1Cl. The Morgan fingerprint density at radius 2 is 1.93 bits per heavy atom. The summed E-state index contributed by atoms with van der Waals surface area (Å²) in [6.07, 6.45) is 0. The quantitative estimate of drug-likeness (QED) is 0.792. The Bertz CT molecular complexity index is 397. The van der Waals surface area contributed by atoms with Gasteiger partial charge in [0.2, 0.25) is 0 Å². The number of benzene rings is 1. The van der Waals surface area contributed by atoms with Gasteiger partial charge in [0.15, 0.2) is 0 Å². The van der Waals surface area contributed by atoms with E-state index in [1.54, 1.807) is 24.3 Å². The number of carbonyl (C=O) groups is 1. The zero-order valence-corrected chi connectivity index (χ0v) is 8.93. The maximum absolute atomic E-state index is 10.6. The molecule has 2 nitrogen and oxygen atoms in total. The largest absolute Gasteiger partial charge is 0.478 e. The molecule has 0 fully saturated rings. The molecule has 0 aliphatic heterocycles. The van der Waals surface area contributed by atoms with Crippen LogP contribution in [0.3, 0.4) is 0 Å². The van der Waals surface area contributed by atoms with Crippen molar-refractivity contribution in [2.24, 2.45) is 0 Å². The monoisotopic (exact) mass is 230 g/mol. The van der Waals surface area contributed by atoms with Gasteiger partial charge in [0.25, 0.3) is 0 Å². The van der Waals surface area contributed by atoms with Gasteiger partial charge in [0.1, 0.15) is 0 Å². The van der Waals surface area contributed by atoms with E-state index in [4.69, 9.17) is 28.3 Å². The van der Waals surface area contributed by atoms with Gasteiger partial charge in [0.05, 0.1) is 10.6 Å². The Kier molecular flexibility index (Phi) is 3.55. The third-order valence-electron chi connectivity index (χ3n) is 1.76. The first-order valence-electron chi connectivity index (χ1n) is 3.88. The molecule has 0 atom stereocenters. The normalized spacial score (nSPS) is 12.2. The highest BCUT2D eigenvalue weighted by Gasteiger charge is 2.11. The van der Waals surface area contributed by atoms with Crippen molar-refractivity contribution in [1.29, 1.82) is 0 Å². The topological polar surface area (TPSA) is 37.3 Å². The summed E-state index contributed by atoms with van der Waals surface area (Å²) in [5.74, 6) is -1.05. The van der Waals surface area contributed by atoms with Crippen molar-refractivity contribution in [3.05, 3.63) is 40.4 Å². The minimum absolute atomic E-state index is 0.0831. The van der Waals surface area contributed by atoms with Crippen molar-refractivity contribution in [1.82, 2.24) is 0 Å². The molecule has 1 rings (SSSR count). The molecule has 0 saturated heterocycles. The van der Waals surface area contributed by atoms with Crippen LogP contribution in [0.25, 0.3) is 5.03 Å². The number of hydrogen-bond donors (Lipinski definition) is 1. The molecule has 0 aromatic heterocycles. The van der Waals surface area contributed by atoms with E-state index in [9.17, 15) is 4.79 Å². The first kappa shape index (κ1) is 11.1. The van der Waals surface area contributed by atoms with Gasteiger partial charge in [-0.1, -0.05) is 41.4 Å². The molecule has 0 heterocycles. The Balaban J connectivity index is 3.25.